The predicted octanol–water partition coefficient (Wildman–Crippen LogP) is 2.33. The average Bonchev–Trinajstić information content (AvgIpc) is 3.57. The fourth-order valence-corrected chi connectivity index (χ4v) is 4.41. The van der Waals surface area contributed by atoms with Gasteiger partial charge in [-0.05, 0) is 11.1 Å². The molecule has 4 heteroatoms. The summed E-state index contributed by atoms with van der Waals surface area (Å²) in [5.74, 6) is 0. The molecule has 0 aliphatic carbocycles. The van der Waals surface area contributed by atoms with Crippen molar-refractivity contribution in [3.8, 4) is 0 Å². The molecule has 36 heavy (non-hydrogen) atoms. The zero-order valence-corrected chi connectivity index (χ0v) is 23.9. The first-order valence-corrected chi connectivity index (χ1v) is 11.4. The fraction of sp³-hybridized carbons (Fsp3) is 0.0625. The van der Waals surface area contributed by atoms with Gasteiger partial charge in [-0.2, -0.15) is 18.2 Å². The van der Waals surface area contributed by atoms with E-state index >= 15 is 0 Å². The van der Waals surface area contributed by atoms with Gasteiger partial charge in [0.15, 0.2) is 0 Å². The van der Waals surface area contributed by atoms with E-state index in [0.717, 1.165) is 13.1 Å². The second-order valence-corrected chi connectivity index (χ2v) is 8.26. The van der Waals surface area contributed by atoms with Gasteiger partial charge in [-0.3, -0.25) is 0 Å². The maximum absolute atomic E-state index is 2.50. The van der Waals surface area contributed by atoms with E-state index in [0.29, 0.717) is 0 Å². The molecule has 0 atom stereocenters. The van der Waals surface area contributed by atoms with Gasteiger partial charge < -0.3 is 29.7 Å². The molecule has 0 amide bonds. The number of fused-ring (bicyclic) bond motifs is 3. The second kappa shape index (κ2) is 14.8. The standard InChI is InChI=1S/C27H22N.C5H5.2ClH.Zr/c1-3-10-21(11-4-1)19-28(20-22-12-5-2-6-13-22)26-17-9-15-24-18-23-14-7-8-16-25(23)27(24)26;1-2-4-5-3-1;;;/h1-18H,19-20H2;1-5H;2*1H;/q2*-1;;;+4/p-2. The van der Waals surface area contributed by atoms with Crippen LogP contribution in [0, 0.1) is 0 Å². The smallest absolute Gasteiger partial charge is 1.00 e. The minimum Gasteiger partial charge on any atom is -1.00 e. The summed E-state index contributed by atoms with van der Waals surface area (Å²) in [7, 11) is 0. The van der Waals surface area contributed by atoms with Gasteiger partial charge in [-0.1, -0.05) is 96.4 Å². The van der Waals surface area contributed by atoms with Crippen LogP contribution in [0.1, 0.15) is 11.1 Å². The summed E-state index contributed by atoms with van der Waals surface area (Å²) >= 11 is 0. The van der Waals surface area contributed by atoms with Crippen LogP contribution in [-0.4, -0.2) is 0 Å². The Labute approximate surface area is 245 Å². The monoisotopic (exact) mass is 585 g/mol. The molecule has 0 fully saturated rings. The van der Waals surface area contributed by atoms with E-state index in [1.807, 2.05) is 30.3 Å². The number of nitrogens with zero attached hydrogens (tertiary/aromatic N) is 1. The summed E-state index contributed by atoms with van der Waals surface area (Å²) in [5, 5.41) is 5.30. The molecule has 6 rings (SSSR count). The first kappa shape index (κ1) is 29.6. The average molecular weight is 588 g/mol. The van der Waals surface area contributed by atoms with Gasteiger partial charge in [0.1, 0.15) is 0 Å². The maximum Gasteiger partial charge on any atom is 4.00 e. The second-order valence-electron chi connectivity index (χ2n) is 8.26. The Bertz CT molecular complexity index is 1350. The number of hydrogen-bond acceptors (Lipinski definition) is 1. The van der Waals surface area contributed by atoms with Gasteiger partial charge in [0, 0.05) is 18.8 Å². The van der Waals surface area contributed by atoms with Crippen molar-refractivity contribution in [2.24, 2.45) is 0 Å². The van der Waals surface area contributed by atoms with Crippen molar-refractivity contribution < 1.29 is 51.0 Å². The largest absolute Gasteiger partial charge is 4.00 e. The van der Waals surface area contributed by atoms with E-state index in [1.54, 1.807) is 0 Å². The summed E-state index contributed by atoms with van der Waals surface area (Å²) in [6, 6.07) is 49.1. The summed E-state index contributed by atoms with van der Waals surface area (Å²) in [6.07, 6.45) is 0. The predicted molar refractivity (Wildman–Crippen MR) is 142 cm³/mol. The number of halogens is 2. The SMILES string of the molecule is [Cl-].[Cl-].[Zr+4].c1cc[cH-]c1.c1ccc(CN(Cc2ccccc2)c2cccc3[cH-]c4ccccc4c23)cc1. The molecule has 0 bridgehead atoms. The van der Waals surface area contributed by atoms with Gasteiger partial charge in [0.05, 0.1) is 0 Å². The quantitative estimate of drug-likeness (QED) is 0.280. The van der Waals surface area contributed by atoms with E-state index in [2.05, 4.69) is 114 Å². The molecule has 0 N–H and O–H groups in total. The molecule has 0 heterocycles. The van der Waals surface area contributed by atoms with Gasteiger partial charge in [0.25, 0.3) is 0 Å². The van der Waals surface area contributed by atoms with Crippen LogP contribution in [0.2, 0.25) is 0 Å². The van der Waals surface area contributed by atoms with Gasteiger partial charge in [-0.25, -0.2) is 12.1 Å². The van der Waals surface area contributed by atoms with Crippen molar-refractivity contribution in [3.05, 3.63) is 151 Å². The summed E-state index contributed by atoms with van der Waals surface area (Å²) in [5.41, 5.74) is 3.95. The van der Waals surface area contributed by atoms with Crippen molar-refractivity contribution in [1.82, 2.24) is 0 Å². The Morgan fingerprint density at radius 2 is 1.06 bits per heavy atom. The summed E-state index contributed by atoms with van der Waals surface area (Å²) in [6.45, 7) is 1.77. The molecule has 178 valence electrons. The molecule has 0 aliphatic heterocycles. The van der Waals surface area contributed by atoms with Crippen LogP contribution >= 0.6 is 0 Å². The zero-order chi connectivity index (χ0) is 22.3. The molecule has 0 aliphatic rings. The minimum atomic E-state index is 0. The normalized spacial score (nSPS) is 9.78. The number of anilines is 1. The first-order chi connectivity index (χ1) is 16.4. The molecule has 0 unspecified atom stereocenters. The van der Waals surface area contributed by atoms with E-state index in [1.165, 1.54) is 38.4 Å². The molecule has 0 saturated carbocycles. The Balaban J connectivity index is 0.000000513. The third kappa shape index (κ3) is 7.20. The molecule has 0 aromatic heterocycles. The third-order valence-corrected chi connectivity index (χ3v) is 5.94. The van der Waals surface area contributed by atoms with Crippen LogP contribution in [0.25, 0.3) is 21.5 Å². The van der Waals surface area contributed by atoms with Crippen molar-refractivity contribution in [2.75, 3.05) is 4.90 Å². The van der Waals surface area contributed by atoms with Crippen molar-refractivity contribution in [1.29, 1.82) is 0 Å². The van der Waals surface area contributed by atoms with Crippen molar-refractivity contribution in [2.45, 2.75) is 13.1 Å². The topological polar surface area (TPSA) is 3.24 Å². The van der Waals surface area contributed by atoms with Crippen molar-refractivity contribution >= 4 is 27.2 Å². The fourth-order valence-electron chi connectivity index (χ4n) is 4.41. The summed E-state index contributed by atoms with van der Waals surface area (Å²) in [4.78, 5) is 2.50. The van der Waals surface area contributed by atoms with E-state index in [4.69, 9.17) is 0 Å². The van der Waals surface area contributed by atoms with Crippen LogP contribution < -0.4 is 29.7 Å². The molecular formula is C32H27Cl2NZr. The molecule has 0 radical (unpaired) electrons. The Kier molecular flexibility index (Phi) is 12.2. The molecule has 6 aromatic carbocycles. The van der Waals surface area contributed by atoms with Crippen LogP contribution in [0.5, 0.6) is 0 Å². The zero-order valence-electron chi connectivity index (χ0n) is 19.9. The molecular weight excluding hydrogens is 560 g/mol. The summed E-state index contributed by atoms with van der Waals surface area (Å²) < 4.78 is 0. The molecule has 1 nitrogen and oxygen atoms in total. The number of hydrogen-bond donors (Lipinski definition) is 0. The maximum atomic E-state index is 2.50. The van der Waals surface area contributed by atoms with E-state index in [9.17, 15) is 0 Å². The van der Waals surface area contributed by atoms with E-state index < -0.39 is 0 Å². The molecule has 6 aromatic rings. The number of rotatable bonds is 5. The minimum absolute atomic E-state index is 0. The van der Waals surface area contributed by atoms with Crippen molar-refractivity contribution in [3.63, 3.8) is 0 Å². The Morgan fingerprint density at radius 1 is 0.528 bits per heavy atom. The Morgan fingerprint density at radius 3 is 1.61 bits per heavy atom. The van der Waals surface area contributed by atoms with Gasteiger partial charge in [-0.15, -0.1) is 34.4 Å². The van der Waals surface area contributed by atoms with Crippen LogP contribution in [-0.2, 0) is 39.3 Å². The van der Waals surface area contributed by atoms with E-state index in [-0.39, 0.29) is 51.0 Å². The molecule has 0 saturated heterocycles. The first-order valence-electron chi connectivity index (χ1n) is 11.4. The Hall–Kier alpha value is -2.64. The van der Waals surface area contributed by atoms with Crippen LogP contribution in [0.3, 0.4) is 0 Å². The van der Waals surface area contributed by atoms with Crippen LogP contribution in [0.15, 0.2) is 140 Å². The number of benzene rings is 4. The van der Waals surface area contributed by atoms with Gasteiger partial charge in [0.2, 0.25) is 0 Å². The molecule has 0 spiro atoms. The third-order valence-electron chi connectivity index (χ3n) is 5.94. The van der Waals surface area contributed by atoms with Gasteiger partial charge >= 0.3 is 26.2 Å². The van der Waals surface area contributed by atoms with Crippen LogP contribution in [0.4, 0.5) is 5.69 Å².